The van der Waals surface area contributed by atoms with Crippen molar-refractivity contribution in [2.75, 3.05) is 6.61 Å². The lowest BCUT2D eigenvalue weighted by Gasteiger charge is -2.40. The Morgan fingerprint density at radius 2 is 0.964 bits per heavy atom. The molecule has 0 aliphatic carbocycles. The van der Waals surface area contributed by atoms with Crippen molar-refractivity contribution in [2.24, 2.45) is 0 Å². The zero-order valence-electron chi connectivity index (χ0n) is 20.8. The molecule has 0 aliphatic heterocycles. The van der Waals surface area contributed by atoms with Crippen LogP contribution in [0.25, 0.3) is 0 Å². The van der Waals surface area contributed by atoms with E-state index in [9.17, 15) is 0 Å². The third kappa shape index (κ3) is 10.2. The zero-order chi connectivity index (χ0) is 22.1. The summed E-state index contributed by atoms with van der Waals surface area (Å²) >= 11 is 0. The largest absolute Gasteiger partial charge is 0.455 e. The fourth-order valence-corrected chi connectivity index (χ4v) is 16.5. The lowest BCUT2D eigenvalue weighted by molar-refractivity contribution is 0.290. The van der Waals surface area contributed by atoms with Crippen molar-refractivity contribution in [2.45, 2.75) is 130 Å². The fraction of sp³-hybridized carbons (Fsp3) is 0.913. The Hall–Kier alpha value is 0.131. The van der Waals surface area contributed by atoms with Gasteiger partial charge >= 0.3 is 0 Å². The van der Waals surface area contributed by atoms with Gasteiger partial charge in [0.05, 0.1) is 0 Å². The average Bonchev–Trinajstić information content (AvgIpc) is 2.77. The summed E-state index contributed by atoms with van der Waals surface area (Å²) in [5, 5.41) is 8.61. The van der Waals surface area contributed by atoms with E-state index in [2.05, 4.69) is 73.8 Å². The van der Waals surface area contributed by atoms with E-state index in [1.807, 2.05) is 0 Å². The minimum atomic E-state index is -1.35. The van der Waals surface area contributed by atoms with E-state index in [0.717, 1.165) is 12.8 Å². The summed E-state index contributed by atoms with van der Waals surface area (Å²) < 4.78 is 6.80. The van der Waals surface area contributed by atoms with E-state index in [0.29, 0.717) is 0 Å². The fourth-order valence-electron chi connectivity index (χ4n) is 3.82. The second-order valence-corrected chi connectivity index (χ2v) is 22.8. The first-order valence-electron chi connectivity index (χ1n) is 12.1. The monoisotopic (exact) mass is 444 g/mol. The lowest BCUT2D eigenvalue weighted by Crippen LogP contribution is -2.49. The van der Waals surface area contributed by atoms with Gasteiger partial charge in [-0.1, -0.05) is 62.3 Å². The summed E-state index contributed by atoms with van der Waals surface area (Å²) in [6.45, 7) is 21.1. The topological polar surface area (TPSA) is 29.5 Å². The van der Waals surface area contributed by atoms with Gasteiger partial charge in [0.15, 0.2) is 16.6 Å². The highest BCUT2D eigenvalue weighted by molar-refractivity contribution is 6.87. The van der Waals surface area contributed by atoms with E-state index >= 15 is 0 Å². The van der Waals surface area contributed by atoms with Crippen LogP contribution in [0.5, 0.6) is 0 Å². The Morgan fingerprint density at radius 1 is 0.607 bits per heavy atom. The molecular formula is C23H52O2Si3. The second-order valence-electron chi connectivity index (χ2n) is 8.06. The molecule has 0 aromatic rings. The van der Waals surface area contributed by atoms with E-state index in [1.165, 1.54) is 54.4 Å². The smallest absolute Gasteiger partial charge is 0.178 e. The van der Waals surface area contributed by atoms with Crippen molar-refractivity contribution in [1.82, 2.24) is 0 Å². The van der Waals surface area contributed by atoms with Crippen molar-refractivity contribution in [3.05, 3.63) is 0 Å². The van der Waals surface area contributed by atoms with E-state index in [4.69, 9.17) is 9.22 Å². The van der Waals surface area contributed by atoms with Crippen LogP contribution in [-0.4, -0.2) is 36.4 Å². The summed E-state index contributed by atoms with van der Waals surface area (Å²) in [4.78, 5) is 0. The molecule has 1 N–H and O–H groups in total. The summed E-state index contributed by atoms with van der Waals surface area (Å²) in [6.07, 6.45) is 1.69. The van der Waals surface area contributed by atoms with Gasteiger partial charge in [0.1, 0.15) is 8.07 Å². The summed E-state index contributed by atoms with van der Waals surface area (Å²) in [7, 11) is -3.92. The molecule has 0 bridgehead atoms. The molecule has 2 nitrogen and oxygen atoms in total. The van der Waals surface area contributed by atoms with Crippen molar-refractivity contribution in [3.8, 4) is 11.5 Å². The summed E-state index contributed by atoms with van der Waals surface area (Å²) in [5.74, 6) is 3.23. The molecule has 0 aromatic carbocycles. The van der Waals surface area contributed by atoms with Crippen LogP contribution < -0.4 is 0 Å². The molecule has 0 spiro atoms. The maximum absolute atomic E-state index is 8.61. The first-order valence-corrected chi connectivity index (χ1v) is 19.8. The third-order valence-electron chi connectivity index (χ3n) is 7.14. The van der Waals surface area contributed by atoms with Crippen molar-refractivity contribution in [3.63, 3.8) is 0 Å². The van der Waals surface area contributed by atoms with Crippen molar-refractivity contribution in [1.29, 1.82) is 0 Å². The molecule has 0 fully saturated rings. The predicted molar refractivity (Wildman–Crippen MR) is 137 cm³/mol. The van der Waals surface area contributed by atoms with Gasteiger partial charge in [-0.15, -0.1) is 11.5 Å². The first-order chi connectivity index (χ1) is 13.3. The Bertz CT molecular complexity index is 375. The number of hydrogen-bond donors (Lipinski definition) is 1. The molecule has 0 amide bonds. The number of unbranched alkanes of at least 4 members (excludes halogenated alkanes) is 1. The Balaban J connectivity index is 0. The van der Waals surface area contributed by atoms with E-state index in [-0.39, 0.29) is 6.61 Å². The highest BCUT2D eigenvalue weighted by Crippen LogP contribution is 2.32. The summed E-state index contributed by atoms with van der Waals surface area (Å²) in [5.41, 5.74) is 3.49. The van der Waals surface area contributed by atoms with Crippen LogP contribution in [0.1, 0.15) is 75.2 Å². The molecule has 0 heterocycles. The molecule has 0 rings (SSSR count). The Labute approximate surface area is 181 Å². The molecule has 5 heteroatoms. The molecule has 168 valence electrons. The number of rotatable bonds is 13. The normalized spacial score (nSPS) is 12.1. The van der Waals surface area contributed by atoms with Crippen LogP contribution in [0.3, 0.4) is 0 Å². The highest BCUT2D eigenvalue weighted by atomic mass is 28.4. The number of aliphatic hydroxyl groups is 1. The van der Waals surface area contributed by atoms with Crippen LogP contribution >= 0.6 is 0 Å². The lowest BCUT2D eigenvalue weighted by atomic mass is 10.3. The van der Waals surface area contributed by atoms with Crippen LogP contribution in [0.4, 0.5) is 0 Å². The quantitative estimate of drug-likeness (QED) is 0.178. The Kier molecular flexibility index (Phi) is 18.3. The van der Waals surface area contributed by atoms with Crippen LogP contribution in [0.15, 0.2) is 0 Å². The van der Waals surface area contributed by atoms with Gasteiger partial charge in [0.2, 0.25) is 0 Å². The van der Waals surface area contributed by atoms with Gasteiger partial charge in [-0.3, -0.25) is 0 Å². The standard InChI is InChI=1S/C12H30OSi2.C11H22OSi/c1-7-14(8-2,9-3)13-15(10-4,11-5)12-6;1-4-13(5-2,6-3)11-9-7-8-10-12/h7-12H2,1-6H3;12H,4-8,10H2,1-3H3. The first kappa shape index (κ1) is 30.3. The molecule has 0 aromatic heterocycles. The molecule has 0 saturated carbocycles. The SMILES string of the molecule is CC[Si](C#CCCCO)(CC)CC.CC[Si](CC)(CC)O[Si](CC)(CC)CC. The molecule has 0 atom stereocenters. The predicted octanol–water partition coefficient (Wildman–Crippen LogP) is 7.82. The van der Waals surface area contributed by atoms with E-state index in [1.54, 1.807) is 0 Å². The maximum Gasteiger partial charge on any atom is 0.178 e. The molecule has 0 unspecified atom stereocenters. The molecule has 0 radical (unpaired) electrons. The van der Waals surface area contributed by atoms with Gasteiger partial charge in [-0.25, -0.2) is 0 Å². The van der Waals surface area contributed by atoms with Gasteiger partial charge < -0.3 is 9.22 Å². The van der Waals surface area contributed by atoms with Gasteiger partial charge in [0.25, 0.3) is 0 Å². The van der Waals surface area contributed by atoms with Gasteiger partial charge in [-0.2, -0.15) is 0 Å². The zero-order valence-corrected chi connectivity index (χ0v) is 23.8. The minimum Gasteiger partial charge on any atom is -0.455 e. The van der Waals surface area contributed by atoms with Crippen molar-refractivity contribution >= 4 is 24.7 Å². The number of hydrogen-bond acceptors (Lipinski definition) is 2. The molecule has 0 saturated heterocycles. The maximum atomic E-state index is 8.61. The van der Waals surface area contributed by atoms with Crippen LogP contribution in [0.2, 0.25) is 54.4 Å². The molecule has 0 aliphatic rings. The minimum absolute atomic E-state index is 0.271. The summed E-state index contributed by atoms with van der Waals surface area (Å²) in [6, 6.07) is 11.6. The van der Waals surface area contributed by atoms with Crippen molar-refractivity contribution < 1.29 is 9.22 Å². The van der Waals surface area contributed by atoms with Crippen LogP contribution in [0, 0.1) is 11.5 Å². The highest BCUT2D eigenvalue weighted by Gasteiger charge is 2.39. The molecule has 28 heavy (non-hydrogen) atoms. The molecular weight excluding hydrogens is 393 g/mol. The number of aliphatic hydroxyl groups excluding tert-OH is 1. The average molecular weight is 445 g/mol. The van der Waals surface area contributed by atoms with Crippen LogP contribution in [-0.2, 0) is 4.12 Å². The third-order valence-corrected chi connectivity index (χ3v) is 23.1. The van der Waals surface area contributed by atoms with E-state index < -0.39 is 24.7 Å². The second kappa shape index (κ2) is 16.9. The Morgan fingerprint density at radius 3 is 1.21 bits per heavy atom. The van der Waals surface area contributed by atoms with Gasteiger partial charge in [-0.05, 0) is 60.8 Å². The van der Waals surface area contributed by atoms with Gasteiger partial charge in [0, 0.05) is 13.0 Å².